The predicted octanol–water partition coefficient (Wildman–Crippen LogP) is 1.08. The van der Waals surface area contributed by atoms with E-state index in [1.807, 2.05) is 13.0 Å². The van der Waals surface area contributed by atoms with Crippen molar-refractivity contribution in [3.63, 3.8) is 0 Å². The number of nitrogens with zero attached hydrogens (tertiary/aromatic N) is 3. The fraction of sp³-hybridized carbons (Fsp3) is 0.538. The summed E-state index contributed by atoms with van der Waals surface area (Å²) >= 11 is 0. The van der Waals surface area contributed by atoms with Crippen molar-refractivity contribution in [2.45, 2.75) is 40.2 Å². The van der Waals surface area contributed by atoms with Gasteiger partial charge in [0.05, 0.1) is 12.3 Å². The summed E-state index contributed by atoms with van der Waals surface area (Å²) in [4.78, 5) is 23.4. The van der Waals surface area contributed by atoms with Gasteiger partial charge >= 0.3 is 5.97 Å². The molecule has 6 nitrogen and oxygen atoms in total. The van der Waals surface area contributed by atoms with E-state index in [-0.39, 0.29) is 12.1 Å². The van der Waals surface area contributed by atoms with Crippen LogP contribution < -0.4 is 5.56 Å². The zero-order chi connectivity index (χ0) is 14.4. The zero-order valence-electron chi connectivity index (χ0n) is 11.4. The number of aryl methyl sites for hydroxylation is 1. The molecule has 0 spiro atoms. The molecular weight excluding hydrogens is 246 g/mol. The third kappa shape index (κ3) is 3.65. The standard InChI is InChI=1S/C13H17N3O3/c1-4-5-6-19-12(17)8-16-13(18)11(7-14)9(2)10(3)15-16/h4-6,8H2,1-3H3. The topological polar surface area (TPSA) is 85.0 Å². The lowest BCUT2D eigenvalue weighted by Gasteiger charge is -2.08. The van der Waals surface area contributed by atoms with E-state index in [2.05, 4.69) is 5.10 Å². The Morgan fingerprint density at radius 2 is 2.16 bits per heavy atom. The molecule has 0 fully saturated rings. The highest BCUT2D eigenvalue weighted by molar-refractivity contribution is 5.69. The monoisotopic (exact) mass is 263 g/mol. The lowest BCUT2D eigenvalue weighted by Crippen LogP contribution is -2.31. The number of carbonyl (C=O) groups is 1. The SMILES string of the molecule is CCCCOC(=O)Cn1nc(C)c(C)c(C#N)c1=O. The Balaban J connectivity index is 2.91. The van der Waals surface area contributed by atoms with E-state index in [9.17, 15) is 9.59 Å². The number of esters is 1. The van der Waals surface area contributed by atoms with Crippen molar-refractivity contribution in [2.24, 2.45) is 0 Å². The van der Waals surface area contributed by atoms with E-state index in [4.69, 9.17) is 10.00 Å². The van der Waals surface area contributed by atoms with Crippen molar-refractivity contribution in [1.82, 2.24) is 9.78 Å². The maximum atomic E-state index is 11.9. The number of aromatic nitrogens is 2. The van der Waals surface area contributed by atoms with Gasteiger partial charge in [-0.25, -0.2) is 4.68 Å². The van der Waals surface area contributed by atoms with Crippen LogP contribution in [0.15, 0.2) is 4.79 Å². The number of hydrogen-bond acceptors (Lipinski definition) is 5. The van der Waals surface area contributed by atoms with Gasteiger partial charge in [-0.1, -0.05) is 13.3 Å². The molecular formula is C13H17N3O3. The van der Waals surface area contributed by atoms with Gasteiger partial charge in [-0.3, -0.25) is 9.59 Å². The Morgan fingerprint density at radius 1 is 1.47 bits per heavy atom. The second kappa shape index (κ2) is 6.69. The molecule has 1 aromatic rings. The minimum atomic E-state index is -0.557. The molecule has 1 aromatic heterocycles. The van der Waals surface area contributed by atoms with E-state index in [0.717, 1.165) is 17.5 Å². The largest absolute Gasteiger partial charge is 0.464 e. The van der Waals surface area contributed by atoms with E-state index in [1.54, 1.807) is 13.8 Å². The first kappa shape index (κ1) is 14.9. The van der Waals surface area contributed by atoms with Crippen LogP contribution in [0.3, 0.4) is 0 Å². The Bertz CT molecular complexity index is 570. The van der Waals surface area contributed by atoms with Gasteiger partial charge in [-0.15, -0.1) is 0 Å². The average molecular weight is 263 g/mol. The van der Waals surface area contributed by atoms with Crippen molar-refractivity contribution in [1.29, 1.82) is 5.26 Å². The molecule has 0 aliphatic rings. The van der Waals surface area contributed by atoms with E-state index in [1.165, 1.54) is 0 Å². The zero-order valence-corrected chi connectivity index (χ0v) is 11.4. The van der Waals surface area contributed by atoms with Crippen molar-refractivity contribution < 1.29 is 9.53 Å². The second-order valence-corrected chi connectivity index (χ2v) is 4.23. The van der Waals surface area contributed by atoms with Crippen LogP contribution in [0.2, 0.25) is 0 Å². The van der Waals surface area contributed by atoms with Crippen LogP contribution >= 0.6 is 0 Å². The number of unbranched alkanes of at least 4 members (excludes halogenated alkanes) is 1. The normalized spacial score (nSPS) is 10.0. The molecule has 1 rings (SSSR count). The molecule has 0 aliphatic heterocycles. The fourth-order valence-electron chi connectivity index (χ4n) is 1.51. The van der Waals surface area contributed by atoms with Crippen LogP contribution in [0, 0.1) is 25.2 Å². The number of nitriles is 1. The highest BCUT2D eigenvalue weighted by Crippen LogP contribution is 2.04. The summed E-state index contributed by atoms with van der Waals surface area (Å²) in [5, 5.41) is 12.9. The first-order valence-electron chi connectivity index (χ1n) is 6.15. The Kier molecular flexibility index (Phi) is 5.24. The van der Waals surface area contributed by atoms with Crippen molar-refractivity contribution in [2.75, 3.05) is 6.61 Å². The molecule has 0 N–H and O–H groups in total. The lowest BCUT2D eigenvalue weighted by atomic mass is 10.1. The predicted molar refractivity (Wildman–Crippen MR) is 68.6 cm³/mol. The van der Waals surface area contributed by atoms with Gasteiger partial charge in [0.25, 0.3) is 5.56 Å². The third-order valence-corrected chi connectivity index (χ3v) is 2.79. The molecule has 0 aliphatic carbocycles. The first-order valence-corrected chi connectivity index (χ1v) is 6.15. The molecule has 0 radical (unpaired) electrons. The minimum Gasteiger partial charge on any atom is -0.464 e. The highest BCUT2D eigenvalue weighted by atomic mass is 16.5. The Morgan fingerprint density at radius 3 is 2.74 bits per heavy atom. The van der Waals surface area contributed by atoms with Gasteiger partial charge in [0, 0.05) is 0 Å². The van der Waals surface area contributed by atoms with Gasteiger partial charge < -0.3 is 4.74 Å². The molecule has 102 valence electrons. The smallest absolute Gasteiger partial charge is 0.327 e. The number of carbonyl (C=O) groups excluding carboxylic acids is 1. The quantitative estimate of drug-likeness (QED) is 0.586. The van der Waals surface area contributed by atoms with Crippen LogP contribution in [0.1, 0.15) is 36.6 Å². The van der Waals surface area contributed by atoms with Crippen LogP contribution in [0.4, 0.5) is 0 Å². The van der Waals surface area contributed by atoms with Crippen LogP contribution in [-0.2, 0) is 16.1 Å². The number of hydrogen-bond donors (Lipinski definition) is 0. The molecule has 1 heterocycles. The molecule has 0 saturated carbocycles. The van der Waals surface area contributed by atoms with Crippen LogP contribution in [0.5, 0.6) is 0 Å². The number of rotatable bonds is 5. The Labute approximate surface area is 111 Å². The molecule has 0 amide bonds. The summed E-state index contributed by atoms with van der Waals surface area (Å²) in [7, 11) is 0. The molecule has 0 saturated heterocycles. The second-order valence-electron chi connectivity index (χ2n) is 4.23. The summed E-state index contributed by atoms with van der Waals surface area (Å²) in [6, 6.07) is 1.84. The summed E-state index contributed by atoms with van der Waals surface area (Å²) in [6.45, 7) is 5.40. The van der Waals surface area contributed by atoms with Crippen molar-refractivity contribution >= 4 is 5.97 Å². The lowest BCUT2D eigenvalue weighted by molar-refractivity contribution is -0.144. The van der Waals surface area contributed by atoms with Crippen LogP contribution in [0.25, 0.3) is 0 Å². The van der Waals surface area contributed by atoms with E-state index in [0.29, 0.717) is 17.9 Å². The highest BCUT2D eigenvalue weighted by Gasteiger charge is 2.14. The van der Waals surface area contributed by atoms with E-state index < -0.39 is 11.5 Å². The molecule has 6 heteroatoms. The number of ether oxygens (including phenoxy) is 1. The average Bonchev–Trinajstić information content (AvgIpc) is 2.37. The molecule has 19 heavy (non-hydrogen) atoms. The molecule has 0 atom stereocenters. The van der Waals surface area contributed by atoms with Gasteiger partial charge in [0.15, 0.2) is 0 Å². The third-order valence-electron chi connectivity index (χ3n) is 2.79. The van der Waals surface area contributed by atoms with Crippen molar-refractivity contribution in [3.8, 4) is 6.07 Å². The summed E-state index contributed by atoms with van der Waals surface area (Å²) < 4.78 is 5.94. The van der Waals surface area contributed by atoms with Gasteiger partial charge in [-0.2, -0.15) is 10.4 Å². The first-order chi connectivity index (χ1) is 9.01. The molecule has 0 unspecified atom stereocenters. The Hall–Kier alpha value is -2.16. The molecule has 0 aromatic carbocycles. The van der Waals surface area contributed by atoms with Crippen molar-refractivity contribution in [3.05, 3.63) is 27.2 Å². The van der Waals surface area contributed by atoms with E-state index >= 15 is 0 Å². The fourth-order valence-corrected chi connectivity index (χ4v) is 1.51. The summed E-state index contributed by atoms with van der Waals surface area (Å²) in [6.07, 6.45) is 1.71. The minimum absolute atomic E-state index is 0.0221. The summed E-state index contributed by atoms with van der Waals surface area (Å²) in [5.74, 6) is -0.518. The van der Waals surface area contributed by atoms with Gasteiger partial charge in [-0.05, 0) is 25.8 Å². The maximum absolute atomic E-state index is 11.9. The molecule has 0 bridgehead atoms. The van der Waals surface area contributed by atoms with Gasteiger partial charge in [0.1, 0.15) is 18.2 Å². The van der Waals surface area contributed by atoms with Crippen LogP contribution in [-0.4, -0.2) is 22.4 Å². The summed E-state index contributed by atoms with van der Waals surface area (Å²) in [5.41, 5.74) is 0.563. The maximum Gasteiger partial charge on any atom is 0.327 e. The van der Waals surface area contributed by atoms with Gasteiger partial charge in [0.2, 0.25) is 0 Å².